The van der Waals surface area contributed by atoms with Gasteiger partial charge in [-0.15, -0.1) is 0 Å². The molecule has 164 valence electrons. The van der Waals surface area contributed by atoms with Gasteiger partial charge in [-0.1, -0.05) is 43.2 Å². The highest BCUT2D eigenvalue weighted by Crippen LogP contribution is 2.22. The van der Waals surface area contributed by atoms with Crippen LogP contribution in [-0.2, 0) is 11.2 Å². The summed E-state index contributed by atoms with van der Waals surface area (Å²) in [5.41, 5.74) is 5.78. The molecule has 0 radical (unpaired) electrons. The number of aryl methyl sites for hydroxylation is 2. The number of aromatic hydroxyl groups is 1. The van der Waals surface area contributed by atoms with Crippen LogP contribution in [0.15, 0.2) is 47.6 Å². The molecule has 3 rings (SSSR count). The quantitative estimate of drug-likeness (QED) is 0.531. The van der Waals surface area contributed by atoms with Crippen molar-refractivity contribution in [3.63, 3.8) is 0 Å². The highest BCUT2D eigenvalue weighted by atomic mass is 16.3. The lowest BCUT2D eigenvalue weighted by atomic mass is 10.1. The highest BCUT2D eigenvalue weighted by molar-refractivity contribution is 5.94. The van der Waals surface area contributed by atoms with E-state index in [0.717, 1.165) is 24.0 Å². The monoisotopic (exact) mass is 422 g/mol. The van der Waals surface area contributed by atoms with E-state index >= 15 is 0 Å². The minimum atomic E-state index is -0.223. The van der Waals surface area contributed by atoms with Crippen LogP contribution in [0.5, 0.6) is 5.75 Å². The van der Waals surface area contributed by atoms with Gasteiger partial charge in [-0.3, -0.25) is 14.5 Å². The average molecular weight is 423 g/mol. The first-order valence-corrected chi connectivity index (χ1v) is 10.7. The molecule has 1 saturated heterocycles. The second kappa shape index (κ2) is 10.7. The number of phenols is 1. The fourth-order valence-corrected chi connectivity index (χ4v) is 3.59. The molecule has 0 bridgehead atoms. The molecule has 0 saturated carbocycles. The van der Waals surface area contributed by atoms with Crippen LogP contribution < -0.4 is 5.43 Å². The predicted octanol–water partition coefficient (Wildman–Crippen LogP) is 2.56. The van der Waals surface area contributed by atoms with Crippen LogP contribution in [0.3, 0.4) is 0 Å². The summed E-state index contributed by atoms with van der Waals surface area (Å²) in [4.78, 5) is 28.6. The Kier molecular flexibility index (Phi) is 7.78. The maximum Gasteiger partial charge on any atom is 0.254 e. The summed E-state index contributed by atoms with van der Waals surface area (Å²) in [7, 11) is 0. The molecule has 1 fully saturated rings. The summed E-state index contributed by atoms with van der Waals surface area (Å²) in [5.74, 6) is 0.00860. The molecule has 1 aliphatic rings. The zero-order valence-corrected chi connectivity index (χ0v) is 18.2. The van der Waals surface area contributed by atoms with Crippen molar-refractivity contribution in [1.82, 2.24) is 15.2 Å². The van der Waals surface area contributed by atoms with Crippen molar-refractivity contribution in [3.8, 4) is 5.75 Å². The Morgan fingerprint density at radius 3 is 2.48 bits per heavy atom. The van der Waals surface area contributed by atoms with Crippen molar-refractivity contribution >= 4 is 18.0 Å². The van der Waals surface area contributed by atoms with Gasteiger partial charge in [0, 0.05) is 37.3 Å². The van der Waals surface area contributed by atoms with Crippen molar-refractivity contribution in [2.24, 2.45) is 5.10 Å². The van der Waals surface area contributed by atoms with Crippen molar-refractivity contribution < 1.29 is 14.7 Å². The summed E-state index contributed by atoms with van der Waals surface area (Å²) in [5, 5.41) is 14.3. The van der Waals surface area contributed by atoms with E-state index in [-0.39, 0.29) is 24.1 Å². The molecule has 0 unspecified atom stereocenters. The largest absolute Gasteiger partial charge is 0.507 e. The van der Waals surface area contributed by atoms with Gasteiger partial charge in [0.05, 0.1) is 12.8 Å². The SMILES string of the molecule is CCCc1cccc(/C=N/NC(=O)CN2CCN(C(=O)c3ccc(C)cc3)CC2)c1O. The average Bonchev–Trinajstić information content (AvgIpc) is 2.77. The Hall–Kier alpha value is -3.19. The molecule has 1 heterocycles. The van der Waals surface area contributed by atoms with E-state index in [1.165, 1.54) is 6.21 Å². The number of rotatable bonds is 7. The molecular weight excluding hydrogens is 392 g/mol. The number of hydrazone groups is 1. The Balaban J connectivity index is 1.45. The molecule has 1 aliphatic heterocycles. The fraction of sp³-hybridized carbons (Fsp3) is 0.375. The summed E-state index contributed by atoms with van der Waals surface area (Å²) in [6.45, 7) is 6.70. The molecule has 0 aliphatic carbocycles. The van der Waals surface area contributed by atoms with E-state index in [9.17, 15) is 14.7 Å². The Bertz CT molecular complexity index is 932. The van der Waals surface area contributed by atoms with Crippen LogP contribution in [0.4, 0.5) is 0 Å². The topological polar surface area (TPSA) is 85.2 Å². The number of hydrogen-bond donors (Lipinski definition) is 2. The van der Waals surface area contributed by atoms with Crippen LogP contribution in [0.1, 0.15) is 40.4 Å². The number of phenolic OH excluding ortho intramolecular Hbond substituents is 1. The number of nitrogens with one attached hydrogen (secondary N) is 1. The molecule has 7 heteroatoms. The van der Waals surface area contributed by atoms with E-state index in [1.54, 1.807) is 6.07 Å². The summed E-state index contributed by atoms with van der Waals surface area (Å²) < 4.78 is 0. The first-order valence-electron chi connectivity index (χ1n) is 10.7. The maximum absolute atomic E-state index is 12.6. The molecule has 2 aromatic rings. The van der Waals surface area contributed by atoms with Gasteiger partial charge in [-0.05, 0) is 37.1 Å². The maximum atomic E-state index is 12.6. The summed E-state index contributed by atoms with van der Waals surface area (Å²) in [6.07, 6.45) is 3.19. The molecule has 31 heavy (non-hydrogen) atoms. The number of benzene rings is 2. The minimum absolute atomic E-state index is 0.0267. The zero-order chi connectivity index (χ0) is 22.2. The number of nitrogens with zero attached hydrogens (tertiary/aromatic N) is 3. The molecule has 0 aromatic heterocycles. The Labute approximate surface area is 183 Å². The third kappa shape index (κ3) is 6.15. The van der Waals surface area contributed by atoms with Gasteiger partial charge in [-0.25, -0.2) is 5.43 Å². The molecule has 7 nitrogen and oxygen atoms in total. The van der Waals surface area contributed by atoms with Crippen molar-refractivity contribution in [2.45, 2.75) is 26.7 Å². The normalized spacial score (nSPS) is 14.7. The minimum Gasteiger partial charge on any atom is -0.507 e. The first-order chi connectivity index (χ1) is 15.0. The number of para-hydroxylation sites is 1. The third-order valence-corrected chi connectivity index (χ3v) is 5.39. The summed E-state index contributed by atoms with van der Waals surface area (Å²) >= 11 is 0. The Morgan fingerprint density at radius 1 is 1.10 bits per heavy atom. The summed E-state index contributed by atoms with van der Waals surface area (Å²) in [6, 6.07) is 13.1. The van der Waals surface area contributed by atoms with Gasteiger partial charge in [0.25, 0.3) is 11.8 Å². The van der Waals surface area contributed by atoms with Crippen LogP contribution in [0.25, 0.3) is 0 Å². The molecule has 0 spiro atoms. The highest BCUT2D eigenvalue weighted by Gasteiger charge is 2.23. The molecule has 0 atom stereocenters. The second-order valence-electron chi connectivity index (χ2n) is 7.83. The lowest BCUT2D eigenvalue weighted by Crippen LogP contribution is -2.50. The predicted molar refractivity (Wildman–Crippen MR) is 121 cm³/mol. The molecular formula is C24H30N4O3. The second-order valence-corrected chi connectivity index (χ2v) is 7.83. The lowest BCUT2D eigenvalue weighted by molar-refractivity contribution is -0.122. The number of carbonyl (C=O) groups excluding carboxylic acids is 2. The van der Waals surface area contributed by atoms with Gasteiger partial charge < -0.3 is 10.0 Å². The van der Waals surface area contributed by atoms with E-state index in [2.05, 4.69) is 17.5 Å². The van der Waals surface area contributed by atoms with E-state index in [4.69, 9.17) is 0 Å². The van der Waals surface area contributed by atoms with Crippen LogP contribution in [0, 0.1) is 6.92 Å². The van der Waals surface area contributed by atoms with E-state index < -0.39 is 0 Å². The van der Waals surface area contributed by atoms with E-state index in [1.807, 2.05) is 53.1 Å². The van der Waals surface area contributed by atoms with Crippen LogP contribution >= 0.6 is 0 Å². The fourth-order valence-electron chi connectivity index (χ4n) is 3.59. The van der Waals surface area contributed by atoms with Gasteiger partial charge in [0.1, 0.15) is 5.75 Å². The standard InChI is InChI=1S/C24H30N4O3/c1-3-5-19-6-4-7-21(23(19)30)16-25-26-22(29)17-27-12-14-28(15-13-27)24(31)20-10-8-18(2)9-11-20/h4,6-11,16,30H,3,5,12-15,17H2,1-2H3,(H,26,29)/b25-16+. The molecule has 2 aromatic carbocycles. The Morgan fingerprint density at radius 2 is 1.81 bits per heavy atom. The van der Waals surface area contributed by atoms with E-state index in [0.29, 0.717) is 37.3 Å². The number of carbonyl (C=O) groups is 2. The molecule has 2 N–H and O–H groups in total. The van der Waals surface area contributed by atoms with Crippen molar-refractivity contribution in [2.75, 3.05) is 32.7 Å². The zero-order valence-electron chi connectivity index (χ0n) is 18.2. The van der Waals surface area contributed by atoms with Crippen LogP contribution in [0.2, 0.25) is 0 Å². The van der Waals surface area contributed by atoms with Crippen LogP contribution in [-0.4, -0.2) is 65.7 Å². The van der Waals surface area contributed by atoms with Crippen molar-refractivity contribution in [1.29, 1.82) is 0 Å². The molecule has 2 amide bonds. The lowest BCUT2D eigenvalue weighted by Gasteiger charge is -2.34. The van der Waals surface area contributed by atoms with Crippen molar-refractivity contribution in [3.05, 3.63) is 64.7 Å². The first kappa shape index (κ1) is 22.5. The van der Waals surface area contributed by atoms with Gasteiger partial charge in [0.2, 0.25) is 0 Å². The third-order valence-electron chi connectivity index (χ3n) is 5.39. The van der Waals surface area contributed by atoms with Gasteiger partial charge >= 0.3 is 0 Å². The van der Waals surface area contributed by atoms with Gasteiger partial charge in [0.15, 0.2) is 0 Å². The smallest absolute Gasteiger partial charge is 0.254 e. The number of amides is 2. The number of piperazine rings is 1. The number of hydrogen-bond acceptors (Lipinski definition) is 5. The van der Waals surface area contributed by atoms with Gasteiger partial charge in [-0.2, -0.15) is 5.10 Å².